The summed E-state index contributed by atoms with van der Waals surface area (Å²) in [6, 6.07) is 0. The first kappa shape index (κ1) is 8.07. The number of aliphatic hydroxyl groups is 1. The highest BCUT2D eigenvalue weighted by Crippen LogP contribution is 2.13. The van der Waals surface area contributed by atoms with Crippen LogP contribution in [-0.4, -0.2) is 22.7 Å². The molecule has 0 saturated carbocycles. The summed E-state index contributed by atoms with van der Waals surface area (Å²) < 4.78 is 3.46. The summed E-state index contributed by atoms with van der Waals surface area (Å²) in [5.41, 5.74) is 0. The molecular formula is C4H7BrO3. The van der Waals surface area contributed by atoms with E-state index in [4.69, 9.17) is 5.11 Å². The summed E-state index contributed by atoms with van der Waals surface area (Å²) >= 11 is 2.89. The van der Waals surface area contributed by atoms with E-state index in [1.165, 1.54) is 6.92 Å². The van der Waals surface area contributed by atoms with E-state index in [9.17, 15) is 4.79 Å². The molecule has 0 aromatic heterocycles. The Morgan fingerprint density at radius 1 is 2.00 bits per heavy atom. The van der Waals surface area contributed by atoms with Crippen LogP contribution < -0.4 is 0 Å². The van der Waals surface area contributed by atoms with Crippen molar-refractivity contribution in [2.24, 2.45) is 0 Å². The van der Waals surface area contributed by atoms with Gasteiger partial charge in [-0.3, -0.25) is 4.79 Å². The van der Waals surface area contributed by atoms with Gasteiger partial charge < -0.3 is 9.84 Å². The Morgan fingerprint density at radius 3 is 2.62 bits per heavy atom. The highest BCUT2D eigenvalue weighted by atomic mass is 79.9. The van der Waals surface area contributed by atoms with Crippen molar-refractivity contribution in [2.75, 3.05) is 6.79 Å². The average Bonchev–Trinajstić information content (AvgIpc) is 1.67. The lowest BCUT2D eigenvalue weighted by atomic mass is 10.5. The molecule has 0 aromatic rings. The molecule has 0 aliphatic carbocycles. The van der Waals surface area contributed by atoms with Gasteiger partial charge in [0.25, 0.3) is 0 Å². The predicted molar refractivity (Wildman–Crippen MR) is 31.6 cm³/mol. The Balaban J connectivity index is 3.53. The van der Waals surface area contributed by atoms with Gasteiger partial charge >= 0.3 is 0 Å². The largest absolute Gasteiger partial charge is 0.371 e. The number of carbonyl (C=O) groups is 1. The van der Waals surface area contributed by atoms with E-state index in [2.05, 4.69) is 20.7 Å². The maximum Gasteiger partial charge on any atom is 0.177 e. The second kappa shape index (κ2) is 3.17. The van der Waals surface area contributed by atoms with Crippen LogP contribution in [0.5, 0.6) is 0 Å². The Bertz CT molecular complexity index is 81.4. The Labute approximate surface area is 55.8 Å². The molecule has 0 fully saturated rings. The molecule has 0 heterocycles. The molecule has 0 rings (SSSR count). The molecule has 48 valence electrons. The summed E-state index contributed by atoms with van der Waals surface area (Å²) in [4.78, 5) is 9.93. The maximum absolute atomic E-state index is 9.93. The number of ether oxygens (including phenoxy) is 1. The van der Waals surface area contributed by atoms with Crippen molar-refractivity contribution in [2.45, 2.75) is 11.4 Å². The third kappa shape index (κ3) is 3.12. The predicted octanol–water partition coefficient (Wildman–Crippen LogP) is 0.263. The molecule has 0 saturated heterocycles. The zero-order valence-electron chi connectivity index (χ0n) is 4.43. The number of alkyl halides is 1. The highest BCUT2D eigenvalue weighted by Gasteiger charge is 2.17. The number of hydrogen-bond donors (Lipinski definition) is 1. The van der Waals surface area contributed by atoms with E-state index < -0.39 is 11.3 Å². The topological polar surface area (TPSA) is 46.5 Å². The Kier molecular flexibility index (Phi) is 3.19. The molecule has 1 atom stereocenters. The van der Waals surface area contributed by atoms with Crippen molar-refractivity contribution in [1.82, 2.24) is 0 Å². The second-order valence-corrected chi connectivity index (χ2v) is 2.95. The van der Waals surface area contributed by atoms with Crippen LogP contribution in [0.3, 0.4) is 0 Å². The number of hydrogen-bond acceptors (Lipinski definition) is 3. The van der Waals surface area contributed by atoms with Crippen LogP contribution in [0.2, 0.25) is 0 Å². The summed E-state index contributed by atoms with van der Waals surface area (Å²) in [5, 5.41) is 8.12. The molecule has 0 radical (unpaired) electrons. The fourth-order valence-electron chi connectivity index (χ4n) is 0.160. The SMILES string of the molecule is CC(Br)(C=O)OCO. The Hall–Kier alpha value is 0.0700. The lowest BCUT2D eigenvalue weighted by Crippen LogP contribution is -2.22. The monoisotopic (exact) mass is 182 g/mol. The maximum atomic E-state index is 9.93. The fourth-order valence-corrected chi connectivity index (χ4v) is 0.263. The number of rotatable bonds is 3. The smallest absolute Gasteiger partial charge is 0.177 e. The average molecular weight is 183 g/mol. The molecule has 1 N–H and O–H groups in total. The van der Waals surface area contributed by atoms with E-state index in [1.807, 2.05) is 0 Å². The quantitative estimate of drug-likeness (QED) is 0.388. The summed E-state index contributed by atoms with van der Waals surface area (Å²) in [6.45, 7) is 1.04. The minimum Gasteiger partial charge on any atom is -0.371 e. The normalized spacial score (nSPS) is 17.4. The molecule has 0 aliphatic heterocycles. The van der Waals surface area contributed by atoms with E-state index in [0.717, 1.165) is 0 Å². The van der Waals surface area contributed by atoms with Crippen LogP contribution in [-0.2, 0) is 9.53 Å². The van der Waals surface area contributed by atoms with Crippen molar-refractivity contribution < 1.29 is 14.6 Å². The van der Waals surface area contributed by atoms with Gasteiger partial charge in [-0.15, -0.1) is 0 Å². The zero-order valence-corrected chi connectivity index (χ0v) is 6.01. The van der Waals surface area contributed by atoms with Crippen molar-refractivity contribution in [3.05, 3.63) is 0 Å². The molecule has 0 amide bonds. The van der Waals surface area contributed by atoms with Gasteiger partial charge in [-0.25, -0.2) is 0 Å². The van der Waals surface area contributed by atoms with Gasteiger partial charge in [-0.05, 0) is 22.9 Å². The summed E-state index contributed by atoms with van der Waals surface area (Å²) in [5.74, 6) is 0. The molecule has 0 aliphatic rings. The first-order valence-corrected chi connectivity index (χ1v) is 2.82. The lowest BCUT2D eigenvalue weighted by molar-refractivity contribution is -0.126. The van der Waals surface area contributed by atoms with Crippen molar-refractivity contribution in [3.8, 4) is 0 Å². The third-order valence-corrected chi connectivity index (χ3v) is 0.973. The number of aldehydes is 1. The van der Waals surface area contributed by atoms with E-state index >= 15 is 0 Å². The van der Waals surface area contributed by atoms with Gasteiger partial charge in [0, 0.05) is 0 Å². The van der Waals surface area contributed by atoms with Gasteiger partial charge in [0.2, 0.25) is 0 Å². The van der Waals surface area contributed by atoms with Crippen LogP contribution in [0.4, 0.5) is 0 Å². The lowest BCUT2D eigenvalue weighted by Gasteiger charge is -2.12. The number of aliphatic hydroxyl groups excluding tert-OH is 1. The molecular weight excluding hydrogens is 176 g/mol. The fraction of sp³-hybridized carbons (Fsp3) is 0.750. The van der Waals surface area contributed by atoms with Gasteiger partial charge in [0.15, 0.2) is 10.8 Å². The second-order valence-electron chi connectivity index (χ2n) is 1.38. The first-order chi connectivity index (χ1) is 3.62. The number of halogens is 1. The van der Waals surface area contributed by atoms with Crippen LogP contribution in [0.1, 0.15) is 6.92 Å². The van der Waals surface area contributed by atoms with Crippen LogP contribution >= 0.6 is 15.9 Å². The van der Waals surface area contributed by atoms with Crippen LogP contribution in [0, 0.1) is 0 Å². The van der Waals surface area contributed by atoms with E-state index in [1.54, 1.807) is 0 Å². The molecule has 8 heavy (non-hydrogen) atoms. The minimum absolute atomic E-state index is 0.458. The van der Waals surface area contributed by atoms with Crippen molar-refractivity contribution in [3.63, 3.8) is 0 Å². The number of carbonyl (C=O) groups excluding carboxylic acids is 1. The van der Waals surface area contributed by atoms with Crippen molar-refractivity contribution in [1.29, 1.82) is 0 Å². The van der Waals surface area contributed by atoms with Crippen LogP contribution in [0.25, 0.3) is 0 Å². The molecule has 0 aromatic carbocycles. The molecule has 0 bridgehead atoms. The molecule has 1 unspecified atom stereocenters. The van der Waals surface area contributed by atoms with Gasteiger partial charge in [-0.2, -0.15) is 0 Å². The van der Waals surface area contributed by atoms with Gasteiger partial charge in [-0.1, -0.05) is 0 Å². The van der Waals surface area contributed by atoms with E-state index in [0.29, 0.717) is 6.29 Å². The summed E-state index contributed by atoms with van der Waals surface area (Å²) in [7, 11) is 0. The summed E-state index contributed by atoms with van der Waals surface area (Å²) in [6.07, 6.45) is 0.559. The minimum atomic E-state index is -1.03. The zero-order chi connectivity index (χ0) is 6.62. The van der Waals surface area contributed by atoms with Crippen molar-refractivity contribution >= 4 is 22.2 Å². The molecule has 4 heteroatoms. The third-order valence-electron chi connectivity index (χ3n) is 0.557. The first-order valence-electron chi connectivity index (χ1n) is 2.02. The highest BCUT2D eigenvalue weighted by molar-refractivity contribution is 9.10. The Morgan fingerprint density at radius 2 is 2.50 bits per heavy atom. The van der Waals surface area contributed by atoms with Gasteiger partial charge in [0.05, 0.1) is 0 Å². The standard InChI is InChI=1S/C4H7BrO3/c1-4(5,2-6)8-3-7/h2,7H,3H2,1H3. The molecule has 3 nitrogen and oxygen atoms in total. The molecule has 0 spiro atoms. The van der Waals surface area contributed by atoms with E-state index in [-0.39, 0.29) is 0 Å². The van der Waals surface area contributed by atoms with Crippen LogP contribution in [0.15, 0.2) is 0 Å². The van der Waals surface area contributed by atoms with Gasteiger partial charge in [0.1, 0.15) is 6.79 Å².